The highest BCUT2D eigenvalue weighted by Gasteiger charge is 2.24. The number of halogens is 2. The molecule has 0 aliphatic heterocycles. The summed E-state index contributed by atoms with van der Waals surface area (Å²) in [7, 11) is 0. The van der Waals surface area contributed by atoms with E-state index < -0.39 is 11.6 Å². The van der Waals surface area contributed by atoms with E-state index in [0.717, 1.165) is 24.6 Å². The average molecular weight is 264 g/mol. The van der Waals surface area contributed by atoms with E-state index in [1.54, 1.807) is 0 Å². The van der Waals surface area contributed by atoms with Crippen LogP contribution in [0.5, 0.6) is 0 Å². The summed E-state index contributed by atoms with van der Waals surface area (Å²) in [5.74, 6) is -0.347. The first-order valence-electron chi connectivity index (χ1n) is 5.69. The molecule has 0 amide bonds. The molecule has 5 heteroatoms. The quantitative estimate of drug-likeness (QED) is 0.832. The van der Waals surface area contributed by atoms with Crippen molar-refractivity contribution in [3.8, 4) is 11.4 Å². The van der Waals surface area contributed by atoms with Crippen molar-refractivity contribution in [2.24, 2.45) is 0 Å². The summed E-state index contributed by atoms with van der Waals surface area (Å²) >= 11 is 5.08. The van der Waals surface area contributed by atoms with Gasteiger partial charge in [0, 0.05) is 17.3 Å². The van der Waals surface area contributed by atoms with Crippen molar-refractivity contribution >= 4 is 12.2 Å². The van der Waals surface area contributed by atoms with Gasteiger partial charge >= 0.3 is 0 Å². The predicted molar refractivity (Wildman–Crippen MR) is 66.7 cm³/mol. The highest BCUT2D eigenvalue weighted by atomic mass is 32.1. The Balaban J connectivity index is 2.12. The van der Waals surface area contributed by atoms with Gasteiger partial charge < -0.3 is 4.98 Å². The third-order valence-corrected chi connectivity index (χ3v) is 3.13. The molecule has 0 atom stereocenters. The standard InChI is InChI=1S/C13H10F2N2S/c14-9-3-8(4-10(15)5-9)13-16-11(7-1-2-7)6-12(18)17-13/h3-7H,1-2H2,(H,16,17,18). The van der Waals surface area contributed by atoms with Crippen LogP contribution in [-0.2, 0) is 0 Å². The molecule has 1 heterocycles. The first-order valence-corrected chi connectivity index (χ1v) is 6.10. The fourth-order valence-corrected chi connectivity index (χ4v) is 2.14. The number of aromatic nitrogens is 2. The lowest BCUT2D eigenvalue weighted by atomic mass is 10.2. The molecule has 1 aliphatic rings. The molecule has 1 fully saturated rings. The second-order valence-electron chi connectivity index (χ2n) is 4.46. The minimum atomic E-state index is -0.622. The molecule has 92 valence electrons. The Hall–Kier alpha value is -1.62. The van der Waals surface area contributed by atoms with Crippen LogP contribution in [-0.4, -0.2) is 9.97 Å². The summed E-state index contributed by atoms with van der Waals surface area (Å²) in [6, 6.07) is 5.13. The number of nitrogens with zero attached hydrogens (tertiary/aromatic N) is 1. The predicted octanol–water partition coefficient (Wildman–Crippen LogP) is 3.96. The first-order chi connectivity index (χ1) is 8.61. The van der Waals surface area contributed by atoms with Crippen molar-refractivity contribution in [2.75, 3.05) is 0 Å². The first kappa shape index (κ1) is 11.5. The smallest absolute Gasteiger partial charge is 0.139 e. The van der Waals surface area contributed by atoms with E-state index in [4.69, 9.17) is 12.2 Å². The van der Waals surface area contributed by atoms with Gasteiger partial charge in [-0.2, -0.15) is 0 Å². The Bertz CT molecular complexity index is 642. The van der Waals surface area contributed by atoms with Gasteiger partial charge in [0.1, 0.15) is 22.1 Å². The molecular weight excluding hydrogens is 254 g/mol. The Morgan fingerprint density at radius 2 is 1.78 bits per heavy atom. The van der Waals surface area contributed by atoms with Gasteiger partial charge in [0.25, 0.3) is 0 Å². The molecule has 1 saturated carbocycles. The van der Waals surface area contributed by atoms with Crippen molar-refractivity contribution in [1.29, 1.82) is 0 Å². The third kappa shape index (κ3) is 2.31. The highest BCUT2D eigenvalue weighted by molar-refractivity contribution is 7.71. The van der Waals surface area contributed by atoms with Crippen LogP contribution in [0.15, 0.2) is 24.3 Å². The fourth-order valence-electron chi connectivity index (χ4n) is 1.92. The summed E-state index contributed by atoms with van der Waals surface area (Å²) in [6.45, 7) is 0. The molecule has 18 heavy (non-hydrogen) atoms. The number of hydrogen-bond acceptors (Lipinski definition) is 2. The maximum absolute atomic E-state index is 13.2. The molecule has 0 saturated heterocycles. The Kier molecular flexibility index (Phi) is 2.70. The average Bonchev–Trinajstić information content (AvgIpc) is 3.10. The second kappa shape index (κ2) is 4.24. The minimum Gasteiger partial charge on any atom is -0.343 e. The molecule has 0 radical (unpaired) electrons. The topological polar surface area (TPSA) is 28.7 Å². The lowest BCUT2D eigenvalue weighted by Crippen LogP contribution is -1.96. The van der Waals surface area contributed by atoms with E-state index >= 15 is 0 Å². The van der Waals surface area contributed by atoms with Crippen molar-refractivity contribution in [3.05, 3.63) is 46.2 Å². The van der Waals surface area contributed by atoms with Gasteiger partial charge in [-0.1, -0.05) is 12.2 Å². The number of aromatic amines is 1. The fraction of sp³-hybridized carbons (Fsp3) is 0.231. The molecule has 0 unspecified atom stereocenters. The van der Waals surface area contributed by atoms with Gasteiger partial charge in [0.2, 0.25) is 0 Å². The molecule has 1 aliphatic carbocycles. The van der Waals surface area contributed by atoms with E-state index in [1.165, 1.54) is 12.1 Å². The summed E-state index contributed by atoms with van der Waals surface area (Å²) in [6.07, 6.45) is 2.23. The molecule has 1 N–H and O–H groups in total. The molecule has 3 rings (SSSR count). The van der Waals surface area contributed by atoms with Crippen molar-refractivity contribution < 1.29 is 8.78 Å². The van der Waals surface area contributed by atoms with E-state index in [9.17, 15) is 8.78 Å². The summed E-state index contributed by atoms with van der Waals surface area (Å²) in [4.78, 5) is 7.23. The number of hydrogen-bond donors (Lipinski definition) is 1. The molecular formula is C13H10F2N2S. The van der Waals surface area contributed by atoms with Crippen LogP contribution in [0.2, 0.25) is 0 Å². The Morgan fingerprint density at radius 1 is 1.11 bits per heavy atom. The van der Waals surface area contributed by atoms with Gasteiger partial charge in [-0.15, -0.1) is 0 Å². The maximum atomic E-state index is 13.2. The lowest BCUT2D eigenvalue weighted by molar-refractivity contribution is 0.584. The van der Waals surface area contributed by atoms with Crippen LogP contribution in [0.3, 0.4) is 0 Å². The van der Waals surface area contributed by atoms with Crippen molar-refractivity contribution in [1.82, 2.24) is 9.97 Å². The van der Waals surface area contributed by atoms with Crippen LogP contribution >= 0.6 is 12.2 Å². The molecule has 2 nitrogen and oxygen atoms in total. The zero-order valence-electron chi connectivity index (χ0n) is 9.41. The zero-order valence-corrected chi connectivity index (χ0v) is 10.2. The molecule has 1 aromatic heterocycles. The zero-order chi connectivity index (χ0) is 12.7. The lowest BCUT2D eigenvalue weighted by Gasteiger charge is -2.05. The Labute approximate surface area is 108 Å². The number of rotatable bonds is 2. The highest BCUT2D eigenvalue weighted by Crippen LogP contribution is 2.39. The number of benzene rings is 1. The molecule has 0 spiro atoms. The van der Waals surface area contributed by atoms with Gasteiger partial charge in [0.05, 0.1) is 0 Å². The largest absolute Gasteiger partial charge is 0.343 e. The van der Waals surface area contributed by atoms with Crippen LogP contribution in [0, 0.1) is 16.3 Å². The molecule has 0 bridgehead atoms. The van der Waals surface area contributed by atoms with Gasteiger partial charge in [-0.05, 0) is 37.0 Å². The minimum absolute atomic E-state index is 0.376. The third-order valence-electron chi connectivity index (χ3n) is 2.92. The van der Waals surface area contributed by atoms with Crippen LogP contribution in [0.4, 0.5) is 8.78 Å². The molecule has 2 aromatic rings. The number of nitrogens with one attached hydrogen (secondary N) is 1. The van der Waals surface area contributed by atoms with E-state index in [2.05, 4.69) is 9.97 Å². The van der Waals surface area contributed by atoms with E-state index in [-0.39, 0.29) is 0 Å². The van der Waals surface area contributed by atoms with E-state index in [1.807, 2.05) is 6.07 Å². The summed E-state index contributed by atoms with van der Waals surface area (Å²) < 4.78 is 26.8. The normalized spacial score (nSPS) is 14.8. The monoisotopic (exact) mass is 264 g/mol. The summed E-state index contributed by atoms with van der Waals surface area (Å²) in [5.41, 5.74) is 1.37. The SMILES string of the molecule is Fc1cc(F)cc(-c2nc(=S)cc(C3CC3)[nH]2)c1. The van der Waals surface area contributed by atoms with Gasteiger partial charge in [-0.25, -0.2) is 13.8 Å². The molecule has 1 aromatic carbocycles. The summed E-state index contributed by atoms with van der Waals surface area (Å²) in [5, 5.41) is 0. The van der Waals surface area contributed by atoms with Crippen LogP contribution in [0.25, 0.3) is 11.4 Å². The van der Waals surface area contributed by atoms with Crippen LogP contribution < -0.4 is 0 Å². The number of H-pyrrole nitrogens is 1. The van der Waals surface area contributed by atoms with Gasteiger partial charge in [-0.3, -0.25) is 0 Å². The van der Waals surface area contributed by atoms with Crippen molar-refractivity contribution in [3.63, 3.8) is 0 Å². The van der Waals surface area contributed by atoms with Crippen molar-refractivity contribution in [2.45, 2.75) is 18.8 Å². The maximum Gasteiger partial charge on any atom is 0.139 e. The second-order valence-corrected chi connectivity index (χ2v) is 4.87. The Morgan fingerprint density at radius 3 is 2.39 bits per heavy atom. The van der Waals surface area contributed by atoms with E-state index in [0.29, 0.717) is 21.9 Å². The van der Waals surface area contributed by atoms with Crippen LogP contribution in [0.1, 0.15) is 24.5 Å². The van der Waals surface area contributed by atoms with Gasteiger partial charge in [0.15, 0.2) is 0 Å².